The number of aliphatic hydroxyl groups excluding tert-OH is 1. The zero-order valence-corrected chi connectivity index (χ0v) is 9.32. The molecule has 0 aliphatic heterocycles. The van der Waals surface area contributed by atoms with E-state index in [1.54, 1.807) is 0 Å². The SMILES string of the molecule is OCC(NCC(F)(F)F)c1c(F)cccc1Cl. The first-order valence-electron chi connectivity index (χ1n) is 4.70. The van der Waals surface area contributed by atoms with Crippen LogP contribution in [-0.2, 0) is 0 Å². The number of rotatable bonds is 4. The zero-order chi connectivity index (χ0) is 13.1. The fourth-order valence-corrected chi connectivity index (χ4v) is 1.64. The molecule has 0 aliphatic carbocycles. The van der Waals surface area contributed by atoms with Gasteiger partial charge in [0.1, 0.15) is 5.82 Å². The van der Waals surface area contributed by atoms with Crippen LogP contribution in [0.4, 0.5) is 17.6 Å². The number of nitrogens with one attached hydrogen (secondary N) is 1. The topological polar surface area (TPSA) is 32.3 Å². The summed E-state index contributed by atoms with van der Waals surface area (Å²) in [5.74, 6) is -0.758. The Balaban J connectivity index is 2.87. The van der Waals surface area contributed by atoms with Gasteiger partial charge < -0.3 is 5.11 Å². The Labute approximate surface area is 100 Å². The van der Waals surface area contributed by atoms with Crippen molar-refractivity contribution >= 4 is 11.6 Å². The second-order valence-electron chi connectivity index (χ2n) is 3.37. The third kappa shape index (κ3) is 4.14. The molecule has 96 valence electrons. The highest BCUT2D eigenvalue weighted by Gasteiger charge is 2.29. The number of alkyl halides is 3. The van der Waals surface area contributed by atoms with Crippen molar-refractivity contribution < 1.29 is 22.7 Å². The Kier molecular flexibility index (Phi) is 4.73. The van der Waals surface area contributed by atoms with Gasteiger partial charge >= 0.3 is 6.18 Å². The van der Waals surface area contributed by atoms with Crippen LogP contribution >= 0.6 is 11.6 Å². The average Bonchev–Trinajstić information content (AvgIpc) is 2.21. The lowest BCUT2D eigenvalue weighted by Crippen LogP contribution is -2.34. The van der Waals surface area contributed by atoms with Crippen LogP contribution in [0.5, 0.6) is 0 Å². The van der Waals surface area contributed by atoms with Gasteiger partial charge in [0.15, 0.2) is 0 Å². The number of benzene rings is 1. The van der Waals surface area contributed by atoms with E-state index in [0.29, 0.717) is 0 Å². The van der Waals surface area contributed by atoms with Gasteiger partial charge in [0.05, 0.1) is 19.2 Å². The van der Waals surface area contributed by atoms with Gasteiger partial charge in [-0.2, -0.15) is 13.2 Å². The molecule has 1 aromatic rings. The van der Waals surface area contributed by atoms with E-state index in [1.807, 2.05) is 5.32 Å². The van der Waals surface area contributed by atoms with Crippen LogP contribution < -0.4 is 5.32 Å². The van der Waals surface area contributed by atoms with Crippen molar-refractivity contribution in [2.24, 2.45) is 0 Å². The summed E-state index contributed by atoms with van der Waals surface area (Å²) in [6, 6.07) is 2.56. The summed E-state index contributed by atoms with van der Waals surface area (Å²) in [7, 11) is 0. The lowest BCUT2D eigenvalue weighted by atomic mass is 10.1. The van der Waals surface area contributed by atoms with Crippen molar-refractivity contribution in [1.29, 1.82) is 0 Å². The van der Waals surface area contributed by atoms with Crippen LogP contribution in [-0.4, -0.2) is 24.4 Å². The molecular formula is C10H10ClF4NO. The van der Waals surface area contributed by atoms with Crippen LogP contribution in [0.3, 0.4) is 0 Å². The first kappa shape index (κ1) is 14.2. The molecule has 1 unspecified atom stereocenters. The normalized spacial score (nSPS) is 13.8. The van der Waals surface area contributed by atoms with Crippen molar-refractivity contribution in [3.05, 3.63) is 34.6 Å². The first-order chi connectivity index (χ1) is 7.85. The molecule has 1 rings (SSSR count). The lowest BCUT2D eigenvalue weighted by Gasteiger charge is -2.19. The van der Waals surface area contributed by atoms with E-state index in [4.69, 9.17) is 16.7 Å². The lowest BCUT2D eigenvalue weighted by molar-refractivity contribution is -0.126. The van der Waals surface area contributed by atoms with Crippen molar-refractivity contribution in [2.45, 2.75) is 12.2 Å². The summed E-state index contributed by atoms with van der Waals surface area (Å²) in [6.07, 6.45) is -4.44. The Bertz CT molecular complexity index is 363. The van der Waals surface area contributed by atoms with Gasteiger partial charge in [0, 0.05) is 10.6 Å². The van der Waals surface area contributed by atoms with Gasteiger partial charge in [-0.1, -0.05) is 17.7 Å². The molecule has 0 spiro atoms. The second kappa shape index (κ2) is 5.66. The highest BCUT2D eigenvalue weighted by Crippen LogP contribution is 2.26. The van der Waals surface area contributed by atoms with Crippen molar-refractivity contribution in [2.75, 3.05) is 13.2 Å². The van der Waals surface area contributed by atoms with Gasteiger partial charge in [-0.25, -0.2) is 4.39 Å². The maximum atomic E-state index is 13.4. The summed E-state index contributed by atoms with van der Waals surface area (Å²) in [6.45, 7) is -2.01. The molecule has 1 atom stereocenters. The monoisotopic (exact) mass is 271 g/mol. The molecule has 0 heterocycles. The Morgan fingerprint density at radius 1 is 1.35 bits per heavy atom. The van der Waals surface area contributed by atoms with Crippen LogP contribution in [0.2, 0.25) is 5.02 Å². The van der Waals surface area contributed by atoms with Crippen molar-refractivity contribution in [3.8, 4) is 0 Å². The molecule has 0 aliphatic rings. The number of hydrogen-bond donors (Lipinski definition) is 2. The minimum atomic E-state index is -4.44. The number of hydrogen-bond acceptors (Lipinski definition) is 2. The number of aliphatic hydroxyl groups is 1. The smallest absolute Gasteiger partial charge is 0.394 e. The highest BCUT2D eigenvalue weighted by atomic mass is 35.5. The van der Waals surface area contributed by atoms with E-state index < -0.39 is 31.2 Å². The standard InChI is InChI=1S/C10H10ClF4NO/c11-6-2-1-3-7(12)9(6)8(4-17)16-5-10(13,14)15/h1-3,8,16-17H,4-5H2. The predicted molar refractivity (Wildman–Crippen MR) is 55.3 cm³/mol. The first-order valence-corrected chi connectivity index (χ1v) is 5.08. The van der Waals surface area contributed by atoms with E-state index in [0.717, 1.165) is 6.07 Å². The molecule has 2 nitrogen and oxygen atoms in total. The highest BCUT2D eigenvalue weighted by molar-refractivity contribution is 6.31. The molecule has 0 radical (unpaired) electrons. The fraction of sp³-hybridized carbons (Fsp3) is 0.400. The Morgan fingerprint density at radius 3 is 2.47 bits per heavy atom. The molecular weight excluding hydrogens is 262 g/mol. The van der Waals surface area contributed by atoms with E-state index in [9.17, 15) is 17.6 Å². The summed E-state index contributed by atoms with van der Waals surface area (Å²) in [4.78, 5) is 0. The maximum absolute atomic E-state index is 13.4. The summed E-state index contributed by atoms with van der Waals surface area (Å²) in [5, 5.41) is 10.9. The van der Waals surface area contributed by atoms with Crippen LogP contribution in [0.1, 0.15) is 11.6 Å². The van der Waals surface area contributed by atoms with Gasteiger partial charge in [-0.3, -0.25) is 5.32 Å². The van der Waals surface area contributed by atoms with Gasteiger partial charge in [0.25, 0.3) is 0 Å². The average molecular weight is 272 g/mol. The number of halogens is 5. The third-order valence-corrected chi connectivity index (χ3v) is 2.41. The summed E-state index contributed by atoms with van der Waals surface area (Å²) >= 11 is 5.68. The minimum absolute atomic E-state index is 0.0290. The molecule has 0 bridgehead atoms. The molecule has 0 saturated heterocycles. The quantitative estimate of drug-likeness (QED) is 0.825. The van der Waals surface area contributed by atoms with E-state index >= 15 is 0 Å². The molecule has 7 heteroatoms. The van der Waals surface area contributed by atoms with E-state index in [-0.39, 0.29) is 10.6 Å². The summed E-state index contributed by atoms with van der Waals surface area (Å²) < 4.78 is 49.4. The molecule has 2 N–H and O–H groups in total. The molecule has 0 aromatic heterocycles. The Hall–Kier alpha value is -0.850. The van der Waals surface area contributed by atoms with Crippen LogP contribution in [0, 0.1) is 5.82 Å². The molecule has 0 fully saturated rings. The minimum Gasteiger partial charge on any atom is -0.394 e. The maximum Gasteiger partial charge on any atom is 0.401 e. The second-order valence-corrected chi connectivity index (χ2v) is 3.77. The van der Waals surface area contributed by atoms with Gasteiger partial charge in [-0.05, 0) is 12.1 Å². The zero-order valence-electron chi connectivity index (χ0n) is 8.56. The molecule has 0 amide bonds. The van der Waals surface area contributed by atoms with Gasteiger partial charge in [-0.15, -0.1) is 0 Å². The van der Waals surface area contributed by atoms with Crippen LogP contribution in [0.25, 0.3) is 0 Å². The molecule has 17 heavy (non-hydrogen) atoms. The fourth-order valence-electron chi connectivity index (χ4n) is 1.34. The van der Waals surface area contributed by atoms with Crippen LogP contribution in [0.15, 0.2) is 18.2 Å². The molecule has 0 saturated carbocycles. The third-order valence-electron chi connectivity index (χ3n) is 2.08. The van der Waals surface area contributed by atoms with E-state index in [2.05, 4.69) is 0 Å². The van der Waals surface area contributed by atoms with Crippen molar-refractivity contribution in [3.63, 3.8) is 0 Å². The predicted octanol–water partition coefficient (Wildman–Crippen LogP) is 2.66. The molecule has 1 aromatic carbocycles. The van der Waals surface area contributed by atoms with Gasteiger partial charge in [0.2, 0.25) is 0 Å². The Morgan fingerprint density at radius 2 is 2.00 bits per heavy atom. The van der Waals surface area contributed by atoms with Crippen molar-refractivity contribution in [1.82, 2.24) is 5.32 Å². The summed E-state index contributed by atoms with van der Waals surface area (Å²) in [5.41, 5.74) is -0.166. The van der Waals surface area contributed by atoms with E-state index in [1.165, 1.54) is 12.1 Å². The largest absolute Gasteiger partial charge is 0.401 e.